The molecule has 2 aromatic rings. The van der Waals surface area contributed by atoms with Gasteiger partial charge in [0.15, 0.2) is 0 Å². The van der Waals surface area contributed by atoms with Crippen molar-refractivity contribution < 1.29 is 4.74 Å². The van der Waals surface area contributed by atoms with Crippen LogP contribution in [-0.2, 0) is 12.8 Å². The highest BCUT2D eigenvalue weighted by molar-refractivity contribution is 7.18. The number of ether oxygens (including phenoxy) is 1. The molecule has 4 rings (SSSR count). The molecule has 0 saturated heterocycles. The second-order valence-electron chi connectivity index (χ2n) is 7.17. The first-order valence-corrected chi connectivity index (χ1v) is 9.58. The fourth-order valence-electron chi connectivity index (χ4n) is 4.03. The van der Waals surface area contributed by atoms with Crippen LogP contribution in [0.4, 0.5) is 0 Å². The third kappa shape index (κ3) is 2.96. The minimum Gasteiger partial charge on any atom is -0.477 e. The van der Waals surface area contributed by atoms with Crippen molar-refractivity contribution in [2.45, 2.75) is 51.0 Å². The monoisotopic (exact) mass is 331 g/mol. The lowest BCUT2D eigenvalue weighted by Crippen LogP contribution is -2.33. The van der Waals surface area contributed by atoms with E-state index in [0.717, 1.165) is 29.8 Å². The number of thiophene rings is 1. The van der Waals surface area contributed by atoms with Gasteiger partial charge in [-0.3, -0.25) is 0 Å². The van der Waals surface area contributed by atoms with Crippen molar-refractivity contribution >= 4 is 21.6 Å². The Balaban J connectivity index is 1.45. The molecule has 5 heteroatoms. The van der Waals surface area contributed by atoms with Gasteiger partial charge in [0.2, 0.25) is 5.88 Å². The number of hydrogen-bond donors (Lipinski definition) is 0. The predicted molar refractivity (Wildman–Crippen MR) is 94.4 cm³/mol. The fraction of sp³-hybridized carbons (Fsp3) is 0.667. The van der Waals surface area contributed by atoms with E-state index in [1.54, 1.807) is 6.33 Å². The van der Waals surface area contributed by atoms with Gasteiger partial charge in [-0.1, -0.05) is 0 Å². The molecule has 0 N–H and O–H groups in total. The molecule has 2 aromatic heterocycles. The molecule has 1 saturated carbocycles. The van der Waals surface area contributed by atoms with E-state index in [2.05, 4.69) is 29.0 Å². The van der Waals surface area contributed by atoms with Gasteiger partial charge in [0.1, 0.15) is 11.2 Å². The molecule has 0 spiro atoms. The first kappa shape index (κ1) is 15.3. The highest BCUT2D eigenvalue weighted by Crippen LogP contribution is 2.40. The Bertz CT molecular complexity index is 689. The molecule has 4 nitrogen and oxygen atoms in total. The second-order valence-corrected chi connectivity index (χ2v) is 8.25. The van der Waals surface area contributed by atoms with Gasteiger partial charge < -0.3 is 9.64 Å². The van der Waals surface area contributed by atoms with Crippen LogP contribution in [0.1, 0.15) is 42.5 Å². The molecular formula is C18H25N3OS. The second kappa shape index (κ2) is 6.36. The van der Waals surface area contributed by atoms with Crippen LogP contribution in [0.2, 0.25) is 0 Å². The lowest BCUT2D eigenvalue weighted by molar-refractivity contribution is 0.150. The summed E-state index contributed by atoms with van der Waals surface area (Å²) in [5, 5.41) is 1.20. The van der Waals surface area contributed by atoms with Crippen molar-refractivity contribution in [3.05, 3.63) is 16.8 Å². The van der Waals surface area contributed by atoms with Crippen LogP contribution in [0.3, 0.4) is 0 Å². The highest BCUT2D eigenvalue weighted by Gasteiger charge is 2.25. The first-order valence-electron chi connectivity index (χ1n) is 8.77. The molecule has 2 heterocycles. The number of nitrogens with zero attached hydrogens (tertiary/aromatic N) is 3. The lowest BCUT2D eigenvalue weighted by Gasteiger charge is -2.32. The quantitative estimate of drug-likeness (QED) is 0.856. The van der Waals surface area contributed by atoms with E-state index in [-0.39, 0.29) is 0 Å². The Labute approximate surface area is 141 Å². The van der Waals surface area contributed by atoms with Crippen LogP contribution in [0.15, 0.2) is 6.33 Å². The standard InChI is InChI=1S/C18H25N3OS/c1-21(2)13-8-6-12(7-9-13)10-22-17-16-14-4-3-5-15(14)23-18(16)20-11-19-17/h11-13H,3-10H2,1-2H3/t12-,13-. The van der Waals surface area contributed by atoms with Gasteiger partial charge in [-0.05, 0) is 70.5 Å². The molecule has 0 amide bonds. The molecule has 0 unspecified atom stereocenters. The molecule has 23 heavy (non-hydrogen) atoms. The predicted octanol–water partition coefficient (Wildman–Crippen LogP) is 3.68. The van der Waals surface area contributed by atoms with Crippen LogP contribution in [0.5, 0.6) is 5.88 Å². The summed E-state index contributed by atoms with van der Waals surface area (Å²) in [4.78, 5) is 13.9. The Morgan fingerprint density at radius 1 is 1.17 bits per heavy atom. The number of hydrogen-bond acceptors (Lipinski definition) is 5. The molecular weight excluding hydrogens is 306 g/mol. The number of rotatable bonds is 4. The average molecular weight is 331 g/mol. The zero-order chi connectivity index (χ0) is 15.8. The average Bonchev–Trinajstić information content (AvgIpc) is 3.14. The Morgan fingerprint density at radius 2 is 2.00 bits per heavy atom. The van der Waals surface area contributed by atoms with Crippen molar-refractivity contribution in [2.24, 2.45) is 5.92 Å². The fourth-order valence-corrected chi connectivity index (χ4v) is 5.25. The molecule has 124 valence electrons. The van der Waals surface area contributed by atoms with Crippen molar-refractivity contribution in [2.75, 3.05) is 20.7 Å². The minimum atomic E-state index is 0.669. The molecule has 0 bridgehead atoms. The van der Waals surface area contributed by atoms with Gasteiger partial charge in [-0.25, -0.2) is 9.97 Å². The normalized spacial score (nSPS) is 24.3. The van der Waals surface area contributed by atoms with Gasteiger partial charge in [0, 0.05) is 10.9 Å². The summed E-state index contributed by atoms with van der Waals surface area (Å²) < 4.78 is 6.18. The van der Waals surface area contributed by atoms with E-state index in [1.807, 2.05) is 11.3 Å². The third-order valence-corrected chi connectivity index (χ3v) is 6.67. The van der Waals surface area contributed by atoms with Crippen molar-refractivity contribution in [1.29, 1.82) is 0 Å². The first-order chi connectivity index (χ1) is 11.2. The molecule has 0 radical (unpaired) electrons. The Morgan fingerprint density at radius 3 is 2.78 bits per heavy atom. The van der Waals surface area contributed by atoms with E-state index >= 15 is 0 Å². The van der Waals surface area contributed by atoms with E-state index in [4.69, 9.17) is 4.74 Å². The van der Waals surface area contributed by atoms with Crippen LogP contribution in [0.25, 0.3) is 10.2 Å². The van der Waals surface area contributed by atoms with Crippen molar-refractivity contribution in [3.8, 4) is 5.88 Å². The zero-order valence-corrected chi connectivity index (χ0v) is 14.9. The van der Waals surface area contributed by atoms with E-state index < -0.39 is 0 Å². The van der Waals surface area contributed by atoms with Crippen molar-refractivity contribution in [1.82, 2.24) is 14.9 Å². The summed E-state index contributed by atoms with van der Waals surface area (Å²) in [6.45, 7) is 0.802. The lowest BCUT2D eigenvalue weighted by atomic mass is 9.86. The molecule has 2 aliphatic carbocycles. The van der Waals surface area contributed by atoms with E-state index in [0.29, 0.717) is 5.92 Å². The summed E-state index contributed by atoms with van der Waals surface area (Å²) in [6.07, 6.45) is 10.4. The largest absolute Gasteiger partial charge is 0.477 e. The molecule has 0 atom stereocenters. The highest BCUT2D eigenvalue weighted by atomic mass is 32.1. The summed E-state index contributed by atoms with van der Waals surface area (Å²) >= 11 is 1.83. The maximum atomic E-state index is 6.18. The Kier molecular flexibility index (Phi) is 4.24. The topological polar surface area (TPSA) is 38.2 Å². The van der Waals surface area contributed by atoms with Crippen LogP contribution >= 0.6 is 11.3 Å². The molecule has 2 aliphatic rings. The van der Waals surface area contributed by atoms with Crippen molar-refractivity contribution in [3.63, 3.8) is 0 Å². The van der Waals surface area contributed by atoms with E-state index in [1.165, 1.54) is 54.4 Å². The van der Waals surface area contributed by atoms with Gasteiger partial charge in [-0.15, -0.1) is 11.3 Å². The van der Waals surface area contributed by atoms with Crippen LogP contribution in [0, 0.1) is 5.92 Å². The molecule has 0 aliphatic heterocycles. The number of fused-ring (bicyclic) bond motifs is 3. The summed E-state index contributed by atoms with van der Waals surface area (Å²) in [5.41, 5.74) is 1.46. The maximum absolute atomic E-state index is 6.18. The zero-order valence-electron chi connectivity index (χ0n) is 14.0. The summed E-state index contributed by atoms with van der Waals surface area (Å²) in [5.74, 6) is 1.49. The minimum absolute atomic E-state index is 0.669. The SMILES string of the molecule is CN(C)[C@H]1CC[C@H](COc2ncnc3sc4c(c23)CCC4)CC1. The number of aryl methyl sites for hydroxylation is 2. The Hall–Kier alpha value is -1.20. The van der Waals surface area contributed by atoms with Gasteiger partial charge in [0.25, 0.3) is 0 Å². The van der Waals surface area contributed by atoms with Gasteiger partial charge >= 0.3 is 0 Å². The van der Waals surface area contributed by atoms with E-state index in [9.17, 15) is 0 Å². The molecule has 0 aromatic carbocycles. The van der Waals surface area contributed by atoms with Crippen LogP contribution < -0.4 is 4.74 Å². The summed E-state index contributed by atoms with van der Waals surface area (Å²) in [7, 11) is 4.38. The smallest absolute Gasteiger partial charge is 0.225 e. The van der Waals surface area contributed by atoms with Gasteiger partial charge in [-0.2, -0.15) is 0 Å². The molecule has 1 fully saturated rings. The maximum Gasteiger partial charge on any atom is 0.225 e. The third-order valence-electron chi connectivity index (χ3n) is 5.47. The van der Waals surface area contributed by atoms with Gasteiger partial charge in [0.05, 0.1) is 12.0 Å². The number of aromatic nitrogens is 2. The summed E-state index contributed by atoms with van der Waals surface area (Å²) in [6, 6.07) is 0.747. The van der Waals surface area contributed by atoms with Crippen LogP contribution in [-0.4, -0.2) is 41.6 Å².